The summed E-state index contributed by atoms with van der Waals surface area (Å²) < 4.78 is 36.3. The van der Waals surface area contributed by atoms with E-state index in [1.54, 1.807) is 12.1 Å². The van der Waals surface area contributed by atoms with E-state index in [1.807, 2.05) is 0 Å². The smallest absolute Gasteiger partial charge is 0.261 e. The van der Waals surface area contributed by atoms with Gasteiger partial charge in [0.2, 0.25) is 0 Å². The number of hydrogen-bond acceptors (Lipinski definition) is 5. The highest BCUT2D eigenvalue weighted by Gasteiger charge is 2.63. The molecule has 0 heterocycles. The molecule has 0 aliphatic heterocycles. The van der Waals surface area contributed by atoms with Crippen molar-refractivity contribution in [2.24, 2.45) is 0 Å². The summed E-state index contributed by atoms with van der Waals surface area (Å²) in [5, 5.41) is 25.6. The minimum atomic E-state index is -2.92. The molecule has 9 heteroatoms. The summed E-state index contributed by atoms with van der Waals surface area (Å²) in [5.74, 6) is -2.04. The number of nitrogens with zero attached hydrogens (tertiary/aromatic N) is 2. The molecule has 0 saturated carbocycles. The normalized spacial score (nSPS) is 14.5. The Kier molecular flexibility index (Phi) is 6.35. The summed E-state index contributed by atoms with van der Waals surface area (Å²) in [6, 6.07) is 23.7. The van der Waals surface area contributed by atoms with Gasteiger partial charge >= 0.3 is 11.4 Å². The predicted octanol–water partition coefficient (Wildman–Crippen LogP) is 5.64. The van der Waals surface area contributed by atoms with Gasteiger partial charge in [-0.05, 0) is 48.5 Å². The lowest BCUT2D eigenvalue weighted by atomic mass is 9.89. The molecule has 4 rings (SSSR count). The van der Waals surface area contributed by atoms with E-state index in [0.717, 1.165) is 24.3 Å². The molecule has 0 bridgehead atoms. The molecule has 4 aromatic rings. The molecule has 4 aromatic carbocycles. The van der Waals surface area contributed by atoms with E-state index in [2.05, 4.69) is 0 Å². The van der Waals surface area contributed by atoms with Crippen molar-refractivity contribution in [2.75, 3.05) is 0 Å². The van der Waals surface area contributed by atoms with Crippen LogP contribution in [0.1, 0.15) is 22.3 Å². The van der Waals surface area contributed by atoms with Gasteiger partial charge in [0.15, 0.2) is 0 Å². The third kappa shape index (κ3) is 3.91. The molecule has 0 aromatic heterocycles. The lowest BCUT2D eigenvalue weighted by molar-refractivity contribution is -0.710. The van der Waals surface area contributed by atoms with Gasteiger partial charge in [-0.25, -0.2) is 13.5 Å². The molecule has 0 amide bonds. The lowest BCUT2D eigenvalue weighted by Gasteiger charge is -2.34. The van der Waals surface area contributed by atoms with Gasteiger partial charge in [0.25, 0.3) is 0 Å². The summed E-state index contributed by atoms with van der Waals surface area (Å²) in [4.78, 5) is 23.8. The molecular formula is C26H18F2N2O5. The van der Waals surface area contributed by atoms with E-state index in [1.165, 1.54) is 72.8 Å². The third-order valence-corrected chi connectivity index (χ3v) is 5.62. The zero-order valence-corrected chi connectivity index (χ0v) is 18.1. The Bertz CT molecular complexity index is 1270. The van der Waals surface area contributed by atoms with Crippen LogP contribution in [0.4, 0.5) is 8.78 Å². The van der Waals surface area contributed by atoms with Gasteiger partial charge in [0.05, 0.1) is 32.1 Å². The number of benzene rings is 4. The van der Waals surface area contributed by atoms with E-state index in [-0.39, 0.29) is 11.1 Å². The van der Waals surface area contributed by atoms with E-state index in [4.69, 9.17) is 4.74 Å². The van der Waals surface area contributed by atoms with Crippen molar-refractivity contribution in [3.63, 3.8) is 0 Å². The number of rotatable bonds is 8. The van der Waals surface area contributed by atoms with Crippen molar-refractivity contribution >= 4 is 0 Å². The van der Waals surface area contributed by atoms with E-state index >= 15 is 8.78 Å². The van der Waals surface area contributed by atoms with Gasteiger partial charge in [-0.3, -0.25) is 20.2 Å². The molecular weight excluding hydrogens is 458 g/mol. The maximum Gasteiger partial charge on any atom is 0.386 e. The first kappa shape index (κ1) is 23.7. The van der Waals surface area contributed by atoms with Crippen molar-refractivity contribution in [1.82, 2.24) is 0 Å². The third-order valence-electron chi connectivity index (χ3n) is 5.62. The molecule has 0 N–H and O–H groups in total. The van der Waals surface area contributed by atoms with Gasteiger partial charge in [0.1, 0.15) is 11.6 Å². The van der Waals surface area contributed by atoms with Crippen LogP contribution in [-0.2, 0) is 16.2 Å². The molecule has 2 unspecified atom stereocenters. The number of ether oxygens (including phenoxy) is 1. The Morgan fingerprint density at radius 3 is 1.17 bits per heavy atom. The van der Waals surface area contributed by atoms with Crippen LogP contribution in [0.15, 0.2) is 109 Å². The van der Waals surface area contributed by atoms with Crippen LogP contribution in [0.25, 0.3) is 0 Å². The van der Waals surface area contributed by atoms with Gasteiger partial charge in [-0.1, -0.05) is 60.7 Å². The summed E-state index contributed by atoms with van der Waals surface area (Å²) in [5.41, 5.74) is -7.36. The fourth-order valence-electron chi connectivity index (χ4n) is 4.03. The first-order valence-electron chi connectivity index (χ1n) is 10.4. The zero-order chi connectivity index (χ0) is 25.1. The first-order chi connectivity index (χ1) is 16.8. The van der Waals surface area contributed by atoms with Gasteiger partial charge in [-0.2, -0.15) is 0 Å². The largest absolute Gasteiger partial charge is 0.386 e. The Morgan fingerprint density at radius 1 is 0.543 bits per heavy atom. The van der Waals surface area contributed by atoms with E-state index in [9.17, 15) is 20.2 Å². The van der Waals surface area contributed by atoms with Crippen molar-refractivity contribution in [3.8, 4) is 0 Å². The summed E-state index contributed by atoms with van der Waals surface area (Å²) in [7, 11) is 0. The molecule has 0 fully saturated rings. The second kappa shape index (κ2) is 9.40. The van der Waals surface area contributed by atoms with Crippen LogP contribution in [0.3, 0.4) is 0 Å². The van der Waals surface area contributed by atoms with Gasteiger partial charge in [-0.15, -0.1) is 0 Å². The second-order valence-corrected chi connectivity index (χ2v) is 7.60. The quantitative estimate of drug-likeness (QED) is 0.186. The maximum absolute atomic E-state index is 15.2. The van der Waals surface area contributed by atoms with Crippen LogP contribution in [-0.4, -0.2) is 9.85 Å². The Hall–Kier alpha value is -4.50. The maximum atomic E-state index is 15.2. The fraction of sp³-hybridized carbons (Fsp3) is 0.0769. The first-order valence-corrected chi connectivity index (χ1v) is 10.4. The van der Waals surface area contributed by atoms with Crippen LogP contribution in [0.5, 0.6) is 0 Å². The van der Waals surface area contributed by atoms with Gasteiger partial charge in [0, 0.05) is 0 Å². The molecule has 35 heavy (non-hydrogen) atoms. The molecule has 0 saturated heterocycles. The monoisotopic (exact) mass is 476 g/mol. The Morgan fingerprint density at radius 2 is 0.857 bits per heavy atom. The van der Waals surface area contributed by atoms with Crippen LogP contribution in [0, 0.1) is 31.9 Å². The SMILES string of the molecule is O=[N+]([O-])C(OC(c1ccccc1)(c1ccccc1F)[N+](=O)[O-])(c1ccccc1)c1ccccc1F. The standard InChI is InChI=1S/C26H18F2N2O5/c27-23-17-9-7-15-21(23)25(29(31)32,19-11-3-1-4-12-19)35-26(30(33)34,20-13-5-2-6-14-20)22-16-8-10-18-24(22)28/h1-18H. The Labute approximate surface area is 198 Å². The highest BCUT2D eigenvalue weighted by Crippen LogP contribution is 2.46. The minimum Gasteiger partial charge on any atom is -0.261 e. The lowest BCUT2D eigenvalue weighted by Crippen LogP contribution is -2.52. The summed E-state index contributed by atoms with van der Waals surface area (Å²) >= 11 is 0. The molecule has 0 spiro atoms. The van der Waals surface area contributed by atoms with Crippen LogP contribution < -0.4 is 0 Å². The van der Waals surface area contributed by atoms with E-state index in [0.29, 0.717) is 0 Å². The molecule has 176 valence electrons. The second-order valence-electron chi connectivity index (χ2n) is 7.60. The average Bonchev–Trinajstić information content (AvgIpc) is 2.87. The van der Waals surface area contributed by atoms with Crippen molar-refractivity contribution in [2.45, 2.75) is 11.4 Å². The molecule has 2 atom stereocenters. The average molecular weight is 476 g/mol. The highest BCUT2D eigenvalue weighted by molar-refractivity contribution is 5.39. The zero-order valence-electron chi connectivity index (χ0n) is 18.1. The van der Waals surface area contributed by atoms with Crippen molar-refractivity contribution < 1.29 is 23.4 Å². The molecule has 0 aliphatic rings. The molecule has 0 aliphatic carbocycles. The topological polar surface area (TPSA) is 95.5 Å². The molecule has 7 nitrogen and oxygen atoms in total. The fourth-order valence-corrected chi connectivity index (χ4v) is 4.03. The van der Waals surface area contributed by atoms with Crippen LogP contribution >= 0.6 is 0 Å². The van der Waals surface area contributed by atoms with Crippen molar-refractivity contribution in [3.05, 3.63) is 163 Å². The molecule has 0 radical (unpaired) electrons. The van der Waals surface area contributed by atoms with Crippen LogP contribution in [0.2, 0.25) is 0 Å². The predicted molar refractivity (Wildman–Crippen MR) is 122 cm³/mol. The van der Waals surface area contributed by atoms with Gasteiger partial charge < -0.3 is 0 Å². The van der Waals surface area contributed by atoms with E-state index < -0.39 is 44.1 Å². The Balaban J connectivity index is 2.15. The number of hydrogen-bond donors (Lipinski definition) is 0. The van der Waals surface area contributed by atoms with Crippen molar-refractivity contribution in [1.29, 1.82) is 0 Å². The summed E-state index contributed by atoms with van der Waals surface area (Å²) in [6.07, 6.45) is 0. The minimum absolute atomic E-state index is 0.186. The summed E-state index contributed by atoms with van der Waals surface area (Å²) in [6.45, 7) is 0. The number of nitro groups is 2. The number of halogens is 2. The highest BCUT2D eigenvalue weighted by atomic mass is 19.1.